The van der Waals surface area contributed by atoms with E-state index in [-0.39, 0.29) is 23.8 Å². The molecule has 2 aromatic rings. The first-order valence-corrected chi connectivity index (χ1v) is 8.46. The number of carbonyl (C=O) groups excluding carboxylic acids is 2. The minimum atomic E-state index is -0.560. The smallest absolute Gasteiger partial charge is 0.262 e. The lowest BCUT2D eigenvalue weighted by molar-refractivity contribution is -0.124. The van der Waals surface area contributed by atoms with E-state index in [4.69, 9.17) is 0 Å². The van der Waals surface area contributed by atoms with E-state index in [9.17, 15) is 9.59 Å². The molecule has 2 atom stereocenters. The number of nitrogens with one attached hydrogen (secondary N) is 2. The van der Waals surface area contributed by atoms with Crippen LogP contribution < -0.4 is 10.6 Å². The molecule has 0 radical (unpaired) electrons. The highest BCUT2D eigenvalue weighted by Crippen LogP contribution is 2.10. The summed E-state index contributed by atoms with van der Waals surface area (Å²) in [7, 11) is 0. The van der Waals surface area contributed by atoms with Crippen molar-refractivity contribution in [2.75, 3.05) is 0 Å². The Labute approximate surface area is 139 Å². The Balaban J connectivity index is 1.94. The molecule has 0 bridgehead atoms. The summed E-state index contributed by atoms with van der Waals surface area (Å²) in [6, 6.07) is 2.94. The van der Waals surface area contributed by atoms with Crippen molar-refractivity contribution in [3.05, 3.63) is 41.1 Å². The molecule has 23 heavy (non-hydrogen) atoms. The molecule has 124 valence electrons. The second-order valence-corrected chi connectivity index (χ2v) is 6.79. The van der Waals surface area contributed by atoms with Gasteiger partial charge in [-0.15, -0.1) is 11.3 Å². The molecule has 6 nitrogen and oxygen atoms in total. The van der Waals surface area contributed by atoms with E-state index in [1.54, 1.807) is 18.6 Å². The van der Waals surface area contributed by atoms with Crippen LogP contribution in [0.3, 0.4) is 0 Å². The third-order valence-corrected chi connectivity index (χ3v) is 4.28. The molecule has 2 amide bonds. The second kappa shape index (κ2) is 7.92. The highest BCUT2D eigenvalue weighted by atomic mass is 32.1. The zero-order valence-corrected chi connectivity index (χ0v) is 14.3. The van der Waals surface area contributed by atoms with Gasteiger partial charge in [0.15, 0.2) is 0 Å². The standard InChI is InChI=1S/C16H22N4O2S/c1-11(2)14(19-15(21)13-5-4-8-23-13)16(22)18-12(3)9-20-7-6-17-10-20/h4-8,10-12,14H,9H2,1-3H3,(H,18,22)(H,19,21)/t12-,14-/m0/s1. The van der Waals surface area contributed by atoms with Crippen LogP contribution in [0.1, 0.15) is 30.4 Å². The lowest BCUT2D eigenvalue weighted by atomic mass is 10.0. The van der Waals surface area contributed by atoms with Gasteiger partial charge in [-0.25, -0.2) is 4.98 Å². The summed E-state index contributed by atoms with van der Waals surface area (Å²) < 4.78 is 1.90. The van der Waals surface area contributed by atoms with Crippen LogP contribution >= 0.6 is 11.3 Å². The van der Waals surface area contributed by atoms with Gasteiger partial charge >= 0.3 is 0 Å². The molecule has 2 rings (SSSR count). The number of rotatable bonds is 7. The molecule has 0 aliphatic heterocycles. The number of hydrogen-bond donors (Lipinski definition) is 2. The SMILES string of the molecule is CC(C)[C@H](NC(=O)c1cccs1)C(=O)N[C@@H](C)Cn1ccnc1. The average Bonchev–Trinajstić information content (AvgIpc) is 3.16. The van der Waals surface area contributed by atoms with E-state index in [0.717, 1.165) is 0 Å². The van der Waals surface area contributed by atoms with Crippen molar-refractivity contribution in [3.8, 4) is 0 Å². The number of aromatic nitrogens is 2. The number of amides is 2. The first-order chi connectivity index (χ1) is 11.0. The van der Waals surface area contributed by atoms with Crippen LogP contribution in [0.25, 0.3) is 0 Å². The molecule has 2 aromatic heterocycles. The summed E-state index contributed by atoms with van der Waals surface area (Å²) in [5.74, 6) is -0.381. The summed E-state index contributed by atoms with van der Waals surface area (Å²) >= 11 is 1.36. The van der Waals surface area contributed by atoms with Crippen molar-refractivity contribution in [2.24, 2.45) is 5.92 Å². The lowest BCUT2D eigenvalue weighted by Crippen LogP contribution is -2.52. The summed E-state index contributed by atoms with van der Waals surface area (Å²) in [4.78, 5) is 29.2. The van der Waals surface area contributed by atoms with E-state index in [0.29, 0.717) is 11.4 Å². The van der Waals surface area contributed by atoms with Crippen molar-refractivity contribution in [2.45, 2.75) is 39.4 Å². The van der Waals surface area contributed by atoms with Crippen LogP contribution in [0, 0.1) is 5.92 Å². The molecule has 2 N–H and O–H groups in total. The number of nitrogens with zero attached hydrogens (tertiary/aromatic N) is 2. The molecular weight excluding hydrogens is 312 g/mol. The molecule has 7 heteroatoms. The maximum Gasteiger partial charge on any atom is 0.262 e. The van der Waals surface area contributed by atoms with Crippen LogP contribution in [0.2, 0.25) is 0 Å². The van der Waals surface area contributed by atoms with Crippen molar-refractivity contribution < 1.29 is 9.59 Å². The van der Waals surface area contributed by atoms with E-state index in [1.165, 1.54) is 11.3 Å². The van der Waals surface area contributed by atoms with Gasteiger partial charge in [-0.3, -0.25) is 9.59 Å². The topological polar surface area (TPSA) is 76.0 Å². The third kappa shape index (κ3) is 4.92. The van der Waals surface area contributed by atoms with Gasteiger partial charge in [0.1, 0.15) is 6.04 Å². The Hall–Kier alpha value is -2.15. The maximum atomic E-state index is 12.5. The van der Waals surface area contributed by atoms with E-state index < -0.39 is 6.04 Å². The molecule has 0 aliphatic rings. The first-order valence-electron chi connectivity index (χ1n) is 7.58. The third-order valence-electron chi connectivity index (χ3n) is 3.41. The largest absolute Gasteiger partial charge is 0.350 e. The molecule has 0 saturated heterocycles. The molecule has 2 heterocycles. The summed E-state index contributed by atoms with van der Waals surface area (Å²) in [6.07, 6.45) is 5.26. The number of carbonyl (C=O) groups is 2. The van der Waals surface area contributed by atoms with Gasteiger partial charge in [0, 0.05) is 25.0 Å². The minimum Gasteiger partial charge on any atom is -0.350 e. The summed E-state index contributed by atoms with van der Waals surface area (Å²) in [5.41, 5.74) is 0. The Morgan fingerprint density at radius 1 is 1.30 bits per heavy atom. The van der Waals surface area contributed by atoms with Crippen LogP contribution in [0.5, 0.6) is 0 Å². The Morgan fingerprint density at radius 2 is 2.09 bits per heavy atom. The van der Waals surface area contributed by atoms with Crippen LogP contribution in [-0.4, -0.2) is 33.4 Å². The summed E-state index contributed by atoms with van der Waals surface area (Å²) in [5, 5.41) is 7.61. The lowest BCUT2D eigenvalue weighted by Gasteiger charge is -2.24. The minimum absolute atomic E-state index is 0.000595. The van der Waals surface area contributed by atoms with Crippen molar-refractivity contribution in [1.82, 2.24) is 20.2 Å². The molecule has 0 aliphatic carbocycles. The zero-order chi connectivity index (χ0) is 16.8. The molecule has 0 fully saturated rings. The fourth-order valence-electron chi connectivity index (χ4n) is 2.24. The quantitative estimate of drug-likeness (QED) is 0.812. The fourth-order valence-corrected chi connectivity index (χ4v) is 2.87. The Morgan fingerprint density at radius 3 is 2.65 bits per heavy atom. The van der Waals surface area contributed by atoms with E-state index in [2.05, 4.69) is 15.6 Å². The normalized spacial score (nSPS) is 13.6. The van der Waals surface area contributed by atoms with Gasteiger partial charge in [0.25, 0.3) is 5.91 Å². The Kier molecular flexibility index (Phi) is 5.92. The highest BCUT2D eigenvalue weighted by molar-refractivity contribution is 7.12. The van der Waals surface area contributed by atoms with E-state index >= 15 is 0 Å². The predicted octanol–water partition coefficient (Wildman–Crippen LogP) is 1.90. The predicted molar refractivity (Wildman–Crippen MR) is 90.2 cm³/mol. The van der Waals surface area contributed by atoms with Gasteiger partial charge in [-0.1, -0.05) is 19.9 Å². The zero-order valence-electron chi connectivity index (χ0n) is 13.5. The van der Waals surface area contributed by atoms with Crippen molar-refractivity contribution in [3.63, 3.8) is 0 Å². The maximum absolute atomic E-state index is 12.5. The van der Waals surface area contributed by atoms with Gasteiger partial charge < -0.3 is 15.2 Å². The molecule has 0 aromatic carbocycles. The number of thiophene rings is 1. The van der Waals surface area contributed by atoms with Crippen LogP contribution in [0.15, 0.2) is 36.2 Å². The Bertz CT molecular complexity index is 623. The summed E-state index contributed by atoms with van der Waals surface area (Å²) in [6.45, 7) is 6.39. The second-order valence-electron chi connectivity index (χ2n) is 5.84. The highest BCUT2D eigenvalue weighted by Gasteiger charge is 2.25. The molecule has 0 saturated carbocycles. The first kappa shape index (κ1) is 17.2. The van der Waals surface area contributed by atoms with Gasteiger partial charge in [-0.2, -0.15) is 0 Å². The van der Waals surface area contributed by atoms with Crippen LogP contribution in [0.4, 0.5) is 0 Å². The van der Waals surface area contributed by atoms with Crippen molar-refractivity contribution >= 4 is 23.2 Å². The molecule has 0 unspecified atom stereocenters. The molecule has 0 spiro atoms. The van der Waals surface area contributed by atoms with Gasteiger partial charge in [-0.05, 0) is 24.3 Å². The van der Waals surface area contributed by atoms with Crippen molar-refractivity contribution in [1.29, 1.82) is 0 Å². The monoisotopic (exact) mass is 334 g/mol. The van der Waals surface area contributed by atoms with E-state index in [1.807, 2.05) is 43.0 Å². The number of imidazole rings is 1. The molecular formula is C16H22N4O2S. The average molecular weight is 334 g/mol. The van der Waals surface area contributed by atoms with Crippen LogP contribution in [-0.2, 0) is 11.3 Å². The van der Waals surface area contributed by atoms with Gasteiger partial charge in [0.05, 0.1) is 11.2 Å². The van der Waals surface area contributed by atoms with Gasteiger partial charge in [0.2, 0.25) is 5.91 Å². The fraction of sp³-hybridized carbons (Fsp3) is 0.438. The number of hydrogen-bond acceptors (Lipinski definition) is 4.